The highest BCUT2D eigenvalue weighted by atomic mass is 35.5. The molecule has 2 aromatic carbocycles. The lowest BCUT2D eigenvalue weighted by molar-refractivity contribution is -0.138. The number of anilines is 1. The molecule has 6 atom stereocenters. The number of aromatic hydroxyl groups is 1. The first-order chi connectivity index (χ1) is 19.5. The zero-order valence-electron chi connectivity index (χ0n) is 22.5. The molecule has 0 bridgehead atoms. The number of hydrogen-bond donors (Lipinski definition) is 1. The number of phenols is 1. The van der Waals surface area contributed by atoms with E-state index in [9.17, 15) is 24.3 Å². The van der Waals surface area contributed by atoms with Gasteiger partial charge < -0.3 is 9.84 Å². The molecule has 0 radical (unpaired) electrons. The molecule has 6 rings (SSSR count). The smallest absolute Gasteiger partial charge is 0.253 e. The van der Waals surface area contributed by atoms with Gasteiger partial charge in [0, 0.05) is 13.0 Å². The minimum absolute atomic E-state index is 0.0882. The van der Waals surface area contributed by atoms with Crippen molar-refractivity contribution in [3.63, 3.8) is 0 Å². The summed E-state index contributed by atoms with van der Waals surface area (Å²) >= 11 is 14.4. The average Bonchev–Trinajstić information content (AvgIpc) is 3.29. The van der Waals surface area contributed by atoms with Crippen LogP contribution in [0.15, 0.2) is 60.7 Å². The molecule has 4 aliphatic rings. The van der Waals surface area contributed by atoms with Crippen molar-refractivity contribution in [3.8, 4) is 11.5 Å². The van der Waals surface area contributed by atoms with Gasteiger partial charge in [-0.2, -0.15) is 0 Å². The predicted molar refractivity (Wildman–Crippen MR) is 154 cm³/mol. The van der Waals surface area contributed by atoms with E-state index in [1.807, 2.05) is 6.08 Å². The van der Waals surface area contributed by atoms with Gasteiger partial charge in [-0.25, -0.2) is 0 Å². The lowest BCUT2D eigenvalue weighted by atomic mass is 9.56. The molecule has 10 heteroatoms. The Morgan fingerprint density at radius 2 is 1.76 bits per heavy atom. The number of alkyl halides is 2. The molecule has 8 nitrogen and oxygen atoms in total. The van der Waals surface area contributed by atoms with E-state index < -0.39 is 45.2 Å². The number of fused-ring (bicyclic) bond motifs is 4. The Kier molecular flexibility index (Phi) is 6.36. The molecule has 2 aliphatic carbocycles. The highest BCUT2D eigenvalue weighted by Gasteiger charge is 2.75. The molecule has 3 fully saturated rings. The number of phenolic OH excluding ortho intramolecular Hbond substituents is 1. The van der Waals surface area contributed by atoms with E-state index in [1.54, 1.807) is 49.4 Å². The first kappa shape index (κ1) is 27.5. The molecule has 2 heterocycles. The summed E-state index contributed by atoms with van der Waals surface area (Å²) in [5.74, 6) is -4.91. The number of carbonyl (C=O) groups is 4. The summed E-state index contributed by atoms with van der Waals surface area (Å²) in [6.07, 6.45) is 3.71. The third-order valence-corrected chi connectivity index (χ3v) is 10.4. The van der Waals surface area contributed by atoms with Crippen LogP contribution in [0.1, 0.15) is 36.8 Å². The molecule has 41 heavy (non-hydrogen) atoms. The molecule has 0 spiro atoms. The molecule has 0 unspecified atom stereocenters. The van der Waals surface area contributed by atoms with Gasteiger partial charge in [-0.15, -0.1) is 23.2 Å². The Bertz CT molecular complexity index is 1550. The maximum atomic E-state index is 14.0. The number of allylic oxidation sites excluding steroid dienone is 2. The molecule has 1 N–H and O–H groups in total. The summed E-state index contributed by atoms with van der Waals surface area (Å²) in [5.41, 5.74) is 2.48. The number of imide groups is 2. The molecule has 212 valence electrons. The molecule has 4 amide bonds. The quantitative estimate of drug-likeness (QED) is 0.307. The number of ether oxygens (including phenoxy) is 1. The van der Waals surface area contributed by atoms with Gasteiger partial charge in [-0.05, 0) is 61.1 Å². The van der Waals surface area contributed by atoms with Crippen molar-refractivity contribution in [2.75, 3.05) is 18.6 Å². The summed E-state index contributed by atoms with van der Waals surface area (Å²) in [4.78, 5) is 53.3. The van der Waals surface area contributed by atoms with Gasteiger partial charge in [0.05, 0.1) is 24.1 Å². The van der Waals surface area contributed by atoms with Gasteiger partial charge in [-0.3, -0.25) is 29.0 Å². The van der Waals surface area contributed by atoms with Crippen molar-refractivity contribution >= 4 is 58.6 Å². The molecule has 2 aromatic rings. The van der Waals surface area contributed by atoms with E-state index in [0.717, 1.165) is 10.5 Å². The van der Waals surface area contributed by atoms with Crippen LogP contribution in [0.2, 0.25) is 0 Å². The Morgan fingerprint density at radius 1 is 1.05 bits per heavy atom. The number of rotatable bonds is 5. The second kappa shape index (κ2) is 9.46. The van der Waals surface area contributed by atoms with Crippen LogP contribution in [-0.4, -0.2) is 57.0 Å². The van der Waals surface area contributed by atoms with Crippen LogP contribution >= 0.6 is 23.2 Å². The number of benzene rings is 2. The average molecular weight is 595 g/mol. The lowest BCUT2D eigenvalue weighted by Crippen LogP contribution is -2.60. The monoisotopic (exact) mass is 594 g/mol. The SMILES string of the molecule is C=Cc1ccc(N2C(=O)[C@H]3[C@H](CC=C4[C@H]3C[C@@]3(Cl)C(=O)N(C)C(=O)[C@@]3(Cl)[C@H]4c3ccc(O)c(OCC)c3)C2=O)cc1. The summed E-state index contributed by atoms with van der Waals surface area (Å²) in [5, 5.41) is 10.4. The highest BCUT2D eigenvalue weighted by Crippen LogP contribution is 2.65. The molecular formula is C31H28Cl2N2O6. The Labute approximate surface area is 247 Å². The molecular weight excluding hydrogens is 567 g/mol. The summed E-state index contributed by atoms with van der Waals surface area (Å²) in [6.45, 7) is 5.80. The van der Waals surface area contributed by atoms with E-state index in [-0.39, 0.29) is 42.8 Å². The second-order valence-electron chi connectivity index (χ2n) is 11.0. The van der Waals surface area contributed by atoms with Gasteiger partial charge in [0.2, 0.25) is 11.8 Å². The molecule has 0 aromatic heterocycles. The van der Waals surface area contributed by atoms with E-state index in [1.165, 1.54) is 18.0 Å². The maximum Gasteiger partial charge on any atom is 0.253 e. The zero-order chi connectivity index (χ0) is 29.4. The van der Waals surface area contributed by atoms with E-state index >= 15 is 0 Å². The van der Waals surface area contributed by atoms with E-state index in [4.69, 9.17) is 27.9 Å². The van der Waals surface area contributed by atoms with E-state index in [0.29, 0.717) is 16.8 Å². The number of nitrogens with zero attached hydrogens (tertiary/aromatic N) is 2. The molecule has 2 aliphatic heterocycles. The Hall–Kier alpha value is -3.62. The first-order valence-electron chi connectivity index (χ1n) is 13.5. The third-order valence-electron chi connectivity index (χ3n) is 9.02. The molecule has 2 saturated heterocycles. The lowest BCUT2D eigenvalue weighted by Gasteiger charge is -2.50. The largest absolute Gasteiger partial charge is 0.504 e. The number of hydrogen-bond acceptors (Lipinski definition) is 6. The van der Waals surface area contributed by atoms with Crippen LogP contribution < -0.4 is 9.64 Å². The van der Waals surface area contributed by atoms with Gasteiger partial charge in [0.1, 0.15) is 0 Å². The summed E-state index contributed by atoms with van der Waals surface area (Å²) < 4.78 is 5.60. The fourth-order valence-electron chi connectivity index (χ4n) is 7.11. The Balaban J connectivity index is 1.50. The zero-order valence-corrected chi connectivity index (χ0v) is 24.0. The van der Waals surface area contributed by atoms with Crippen molar-refractivity contribution in [1.82, 2.24) is 4.90 Å². The van der Waals surface area contributed by atoms with Crippen molar-refractivity contribution in [2.45, 2.75) is 35.4 Å². The van der Waals surface area contributed by atoms with E-state index in [2.05, 4.69) is 6.58 Å². The van der Waals surface area contributed by atoms with Crippen LogP contribution in [-0.2, 0) is 19.2 Å². The van der Waals surface area contributed by atoms with Crippen LogP contribution in [0, 0.1) is 17.8 Å². The summed E-state index contributed by atoms with van der Waals surface area (Å²) in [7, 11) is 1.34. The number of likely N-dealkylation sites (tertiary alicyclic amines) is 1. The van der Waals surface area contributed by atoms with Gasteiger partial charge in [-0.1, -0.05) is 42.5 Å². The van der Waals surface area contributed by atoms with Crippen LogP contribution in [0.3, 0.4) is 0 Å². The third kappa shape index (κ3) is 3.59. The standard InChI is InChI=1S/C31H28Cl2N2O6/c1-4-16-6-9-18(10-7-16)35-26(37)20-12-11-19-21(24(20)27(35)38)15-30(32)28(39)34(3)29(40)31(30,33)25(19)17-8-13-22(36)23(14-17)41-5-2/h4,6-11,13-14,20-21,24-25,36H,1,5,12,15H2,2-3H3/t20-,21+,24-,25-,30+,31-/m0/s1. The highest BCUT2D eigenvalue weighted by molar-refractivity contribution is 6.53. The normalized spacial score (nSPS) is 32.4. The fraction of sp³-hybridized carbons (Fsp3) is 0.355. The molecule has 1 saturated carbocycles. The van der Waals surface area contributed by atoms with Gasteiger partial charge in [0.15, 0.2) is 21.2 Å². The second-order valence-corrected chi connectivity index (χ2v) is 12.2. The Morgan fingerprint density at radius 3 is 2.41 bits per heavy atom. The van der Waals surface area contributed by atoms with Gasteiger partial charge in [0.25, 0.3) is 11.8 Å². The predicted octanol–water partition coefficient (Wildman–Crippen LogP) is 4.63. The number of amides is 4. The van der Waals surface area contributed by atoms with Crippen molar-refractivity contribution < 1.29 is 29.0 Å². The van der Waals surface area contributed by atoms with Crippen molar-refractivity contribution in [2.24, 2.45) is 17.8 Å². The minimum atomic E-state index is -1.90. The fourth-order valence-corrected chi connectivity index (χ4v) is 8.13. The van der Waals surface area contributed by atoms with Crippen molar-refractivity contribution in [1.29, 1.82) is 0 Å². The maximum absolute atomic E-state index is 14.0. The topological polar surface area (TPSA) is 104 Å². The number of halogens is 2. The van der Waals surface area contributed by atoms with Gasteiger partial charge >= 0.3 is 0 Å². The van der Waals surface area contributed by atoms with Crippen LogP contribution in [0.25, 0.3) is 6.08 Å². The van der Waals surface area contributed by atoms with Crippen LogP contribution in [0.5, 0.6) is 11.5 Å². The number of carbonyl (C=O) groups excluding carboxylic acids is 4. The first-order valence-corrected chi connectivity index (χ1v) is 14.2. The minimum Gasteiger partial charge on any atom is -0.504 e. The van der Waals surface area contributed by atoms with Crippen molar-refractivity contribution in [3.05, 3.63) is 71.8 Å². The summed E-state index contributed by atoms with van der Waals surface area (Å²) in [6, 6.07) is 11.6. The van der Waals surface area contributed by atoms with Crippen LogP contribution in [0.4, 0.5) is 5.69 Å².